The molecule has 9 heteroatoms. The largest absolute Gasteiger partial charge is 0.363 e. The molecule has 21 heavy (non-hydrogen) atoms. The third kappa shape index (κ3) is 4.73. The first-order valence-electron chi connectivity index (χ1n) is 7.05. The molecular formula is C12H22N4O4S. The highest BCUT2D eigenvalue weighted by Crippen LogP contribution is 2.23. The van der Waals surface area contributed by atoms with E-state index in [0.717, 1.165) is 6.54 Å². The Balaban J connectivity index is 1.89. The van der Waals surface area contributed by atoms with Crippen molar-refractivity contribution in [3.05, 3.63) is 11.7 Å². The van der Waals surface area contributed by atoms with Crippen LogP contribution in [0.25, 0.3) is 0 Å². The molecule has 1 aromatic heterocycles. The van der Waals surface area contributed by atoms with E-state index in [0.29, 0.717) is 31.3 Å². The van der Waals surface area contributed by atoms with Crippen LogP contribution in [0.1, 0.15) is 31.7 Å². The van der Waals surface area contributed by atoms with E-state index in [1.807, 2.05) is 6.92 Å². The molecule has 2 heterocycles. The molecule has 0 saturated carbocycles. The predicted octanol–water partition coefficient (Wildman–Crippen LogP) is 0.0791. The summed E-state index contributed by atoms with van der Waals surface area (Å²) in [6.45, 7) is 7.72. The molecule has 0 unspecified atom stereocenters. The fraction of sp³-hybridized carbons (Fsp3) is 0.833. The van der Waals surface area contributed by atoms with Gasteiger partial charge in [-0.1, -0.05) is 5.16 Å². The Morgan fingerprint density at radius 3 is 2.81 bits per heavy atom. The molecule has 0 bridgehead atoms. The van der Waals surface area contributed by atoms with Gasteiger partial charge in [-0.3, -0.25) is 4.90 Å². The van der Waals surface area contributed by atoms with Crippen molar-refractivity contribution in [2.45, 2.75) is 33.0 Å². The minimum absolute atomic E-state index is 0.0266. The zero-order valence-corrected chi connectivity index (χ0v) is 13.4. The highest BCUT2D eigenvalue weighted by atomic mass is 32.2. The number of nitrogens with zero attached hydrogens (tertiary/aromatic N) is 3. The number of ether oxygens (including phenoxy) is 1. The molecule has 1 aliphatic rings. The summed E-state index contributed by atoms with van der Waals surface area (Å²) in [4.78, 5) is 6.33. The molecule has 1 aromatic rings. The molecule has 0 amide bonds. The van der Waals surface area contributed by atoms with Gasteiger partial charge in [-0.15, -0.1) is 0 Å². The van der Waals surface area contributed by atoms with Gasteiger partial charge >= 0.3 is 0 Å². The number of hydrogen-bond acceptors (Lipinski definition) is 7. The van der Waals surface area contributed by atoms with Gasteiger partial charge in [0.05, 0.1) is 11.9 Å². The summed E-state index contributed by atoms with van der Waals surface area (Å²) < 4.78 is 36.3. The van der Waals surface area contributed by atoms with Crippen LogP contribution in [0.5, 0.6) is 0 Å². The maximum atomic E-state index is 11.4. The molecule has 8 nitrogen and oxygen atoms in total. The van der Waals surface area contributed by atoms with E-state index in [2.05, 4.69) is 19.8 Å². The Morgan fingerprint density at radius 2 is 2.19 bits per heavy atom. The van der Waals surface area contributed by atoms with Crippen molar-refractivity contribution in [1.29, 1.82) is 0 Å². The lowest BCUT2D eigenvalue weighted by Gasteiger charge is -2.35. The molecule has 0 spiro atoms. The molecule has 0 radical (unpaired) electrons. The quantitative estimate of drug-likeness (QED) is 0.793. The molecule has 1 fully saturated rings. The summed E-state index contributed by atoms with van der Waals surface area (Å²) in [6, 6.07) is 0. The number of hydrogen-bond donors (Lipinski definition) is 1. The number of nitrogens with one attached hydrogen (secondary N) is 1. The number of aromatic nitrogens is 2. The third-order valence-corrected chi connectivity index (χ3v) is 4.69. The van der Waals surface area contributed by atoms with Gasteiger partial charge in [-0.05, 0) is 20.8 Å². The summed E-state index contributed by atoms with van der Waals surface area (Å²) in [5, 5.41) is 3.77. The Kier molecular flexibility index (Phi) is 5.31. The molecule has 2 rings (SSSR count). The smallest absolute Gasteiger partial charge is 0.257 e. The van der Waals surface area contributed by atoms with Crippen LogP contribution in [0.2, 0.25) is 0 Å². The summed E-state index contributed by atoms with van der Waals surface area (Å²) in [5.74, 6) is 1.14. The Morgan fingerprint density at radius 1 is 1.43 bits per heavy atom. The lowest BCUT2D eigenvalue weighted by atomic mass is 10.2. The van der Waals surface area contributed by atoms with Crippen LogP contribution in [-0.4, -0.2) is 61.5 Å². The third-order valence-electron chi connectivity index (χ3n) is 3.28. The highest BCUT2D eigenvalue weighted by Gasteiger charge is 2.30. The minimum Gasteiger partial charge on any atom is -0.363 e. The summed E-state index contributed by atoms with van der Waals surface area (Å²) in [7, 11) is -3.14. The molecule has 2 atom stereocenters. The van der Waals surface area contributed by atoms with Crippen LogP contribution in [0.3, 0.4) is 0 Å². The number of sulfonamides is 1. The van der Waals surface area contributed by atoms with Gasteiger partial charge in [0.15, 0.2) is 5.82 Å². The first-order chi connectivity index (χ1) is 9.89. The van der Waals surface area contributed by atoms with E-state index < -0.39 is 10.0 Å². The second-order valence-electron chi connectivity index (χ2n) is 5.17. The van der Waals surface area contributed by atoms with Gasteiger partial charge in [-0.2, -0.15) is 4.98 Å². The van der Waals surface area contributed by atoms with Crippen LogP contribution < -0.4 is 4.72 Å². The van der Waals surface area contributed by atoms with Gasteiger partial charge in [0, 0.05) is 26.2 Å². The maximum Gasteiger partial charge on any atom is 0.257 e. The van der Waals surface area contributed by atoms with Crippen LogP contribution in [0.4, 0.5) is 0 Å². The average Bonchev–Trinajstić information content (AvgIpc) is 2.85. The van der Waals surface area contributed by atoms with Crippen molar-refractivity contribution in [3.8, 4) is 0 Å². The zero-order valence-electron chi connectivity index (χ0n) is 12.6. The van der Waals surface area contributed by atoms with E-state index in [1.54, 1.807) is 13.8 Å². The zero-order chi connectivity index (χ0) is 15.5. The van der Waals surface area contributed by atoms with Crippen molar-refractivity contribution in [2.24, 2.45) is 0 Å². The van der Waals surface area contributed by atoms with Crippen LogP contribution in [-0.2, 0) is 14.8 Å². The standard InChI is InChI=1S/C12H22N4O4S/c1-4-21(17,18)13-5-6-16-7-9(2)19-11(8-16)12-14-10(3)15-20-12/h9,11,13H,4-8H2,1-3H3/t9-,11-/m1/s1. The molecule has 1 N–H and O–H groups in total. The molecule has 1 saturated heterocycles. The maximum absolute atomic E-state index is 11.4. The Hall–Kier alpha value is -1.03. The summed E-state index contributed by atoms with van der Waals surface area (Å²) in [5.41, 5.74) is 0. The normalized spacial score (nSPS) is 24.3. The van der Waals surface area contributed by atoms with Gasteiger partial charge in [0.2, 0.25) is 10.0 Å². The lowest BCUT2D eigenvalue weighted by molar-refractivity contribution is -0.0900. The fourth-order valence-electron chi connectivity index (χ4n) is 2.26. The van der Waals surface area contributed by atoms with Crippen LogP contribution >= 0.6 is 0 Å². The Bertz CT molecular complexity index is 559. The number of morpholine rings is 1. The molecule has 120 valence electrons. The SMILES string of the molecule is CCS(=O)(=O)NCCN1C[C@@H](C)O[C@@H](c2nc(C)no2)C1. The van der Waals surface area contributed by atoms with E-state index in [9.17, 15) is 8.42 Å². The first-order valence-corrected chi connectivity index (χ1v) is 8.70. The van der Waals surface area contributed by atoms with E-state index >= 15 is 0 Å². The second-order valence-corrected chi connectivity index (χ2v) is 7.27. The van der Waals surface area contributed by atoms with E-state index in [4.69, 9.17) is 9.26 Å². The van der Waals surface area contributed by atoms with Gasteiger partial charge in [0.1, 0.15) is 6.10 Å². The summed E-state index contributed by atoms with van der Waals surface area (Å²) in [6.07, 6.45) is -0.239. The predicted molar refractivity (Wildman–Crippen MR) is 76.2 cm³/mol. The van der Waals surface area contributed by atoms with E-state index in [-0.39, 0.29) is 18.0 Å². The van der Waals surface area contributed by atoms with Crippen molar-refractivity contribution in [2.75, 3.05) is 31.9 Å². The molecule has 0 aromatic carbocycles. The van der Waals surface area contributed by atoms with Crippen molar-refractivity contribution in [3.63, 3.8) is 0 Å². The molecular weight excluding hydrogens is 296 g/mol. The number of rotatable bonds is 6. The van der Waals surface area contributed by atoms with Crippen molar-refractivity contribution >= 4 is 10.0 Å². The van der Waals surface area contributed by atoms with Gasteiger partial charge in [0.25, 0.3) is 5.89 Å². The topological polar surface area (TPSA) is 97.6 Å². The highest BCUT2D eigenvalue weighted by molar-refractivity contribution is 7.89. The molecule has 1 aliphatic heterocycles. The fourth-order valence-corrected chi connectivity index (χ4v) is 2.87. The van der Waals surface area contributed by atoms with Crippen LogP contribution in [0, 0.1) is 6.92 Å². The van der Waals surface area contributed by atoms with Crippen molar-refractivity contribution in [1.82, 2.24) is 19.8 Å². The monoisotopic (exact) mass is 318 g/mol. The van der Waals surface area contributed by atoms with Crippen molar-refractivity contribution < 1.29 is 17.7 Å². The van der Waals surface area contributed by atoms with Gasteiger partial charge < -0.3 is 9.26 Å². The second kappa shape index (κ2) is 6.82. The van der Waals surface area contributed by atoms with E-state index in [1.165, 1.54) is 0 Å². The average molecular weight is 318 g/mol. The summed E-state index contributed by atoms with van der Waals surface area (Å²) >= 11 is 0. The lowest BCUT2D eigenvalue weighted by Crippen LogP contribution is -2.46. The van der Waals surface area contributed by atoms with Gasteiger partial charge in [-0.25, -0.2) is 13.1 Å². The number of aryl methyl sites for hydroxylation is 1. The first kappa shape index (κ1) is 16.3. The Labute approximate surface area is 124 Å². The van der Waals surface area contributed by atoms with Crippen LogP contribution in [0.15, 0.2) is 4.52 Å². The molecule has 0 aliphatic carbocycles. The minimum atomic E-state index is -3.14.